The van der Waals surface area contributed by atoms with Crippen LogP contribution in [0.1, 0.15) is 51.9 Å². The molecule has 0 aromatic rings. The molecule has 94 valence electrons. The van der Waals surface area contributed by atoms with Crippen molar-refractivity contribution in [1.29, 1.82) is 0 Å². The van der Waals surface area contributed by atoms with Gasteiger partial charge in [-0.2, -0.15) is 0 Å². The molecule has 0 radical (unpaired) electrons. The third-order valence-corrected chi connectivity index (χ3v) is 4.34. The summed E-state index contributed by atoms with van der Waals surface area (Å²) in [4.78, 5) is 0. The number of hydrogen-bond donors (Lipinski definition) is 1. The molecule has 2 aliphatic rings. The highest BCUT2D eigenvalue weighted by Crippen LogP contribution is 2.28. The molecule has 1 aliphatic heterocycles. The highest BCUT2D eigenvalue weighted by Gasteiger charge is 2.22. The van der Waals surface area contributed by atoms with E-state index in [9.17, 15) is 0 Å². The Kier molecular flexibility index (Phi) is 5.11. The Labute approximate surface area is 100 Å². The molecule has 1 unspecified atom stereocenters. The lowest BCUT2D eigenvalue weighted by molar-refractivity contribution is -0.00471. The van der Waals surface area contributed by atoms with E-state index in [1.807, 2.05) is 0 Å². The summed E-state index contributed by atoms with van der Waals surface area (Å²) in [5.41, 5.74) is 0. The van der Waals surface area contributed by atoms with Crippen LogP contribution in [0.4, 0.5) is 0 Å². The van der Waals surface area contributed by atoms with Gasteiger partial charge in [0, 0.05) is 6.54 Å². The quantitative estimate of drug-likeness (QED) is 0.794. The van der Waals surface area contributed by atoms with Crippen LogP contribution in [0.5, 0.6) is 0 Å². The van der Waals surface area contributed by atoms with Gasteiger partial charge >= 0.3 is 0 Å². The molecule has 0 bridgehead atoms. The van der Waals surface area contributed by atoms with Crippen LogP contribution < -0.4 is 5.32 Å². The lowest BCUT2D eigenvalue weighted by Crippen LogP contribution is -2.34. The summed E-state index contributed by atoms with van der Waals surface area (Å²) in [7, 11) is 0. The van der Waals surface area contributed by atoms with Crippen molar-refractivity contribution in [3.63, 3.8) is 0 Å². The van der Waals surface area contributed by atoms with Crippen molar-refractivity contribution in [3.05, 3.63) is 0 Å². The Bertz CT molecular complexity index is 181. The fourth-order valence-corrected chi connectivity index (χ4v) is 3.05. The largest absolute Gasteiger partial charge is 0.378 e. The second-order valence-corrected chi connectivity index (χ2v) is 5.60. The Morgan fingerprint density at radius 2 is 1.88 bits per heavy atom. The molecule has 2 fully saturated rings. The van der Waals surface area contributed by atoms with Crippen LogP contribution >= 0.6 is 0 Å². The first-order valence-electron chi connectivity index (χ1n) is 7.20. The molecule has 1 aliphatic carbocycles. The van der Waals surface area contributed by atoms with E-state index in [1.54, 1.807) is 0 Å². The molecular formula is C14H27NO. The third-order valence-electron chi connectivity index (χ3n) is 4.34. The van der Waals surface area contributed by atoms with Gasteiger partial charge in [-0.1, -0.05) is 13.3 Å². The van der Waals surface area contributed by atoms with Crippen molar-refractivity contribution in [2.24, 2.45) is 11.8 Å². The maximum atomic E-state index is 6.08. The molecule has 1 heterocycles. The smallest absolute Gasteiger partial charge is 0.0575 e. The van der Waals surface area contributed by atoms with Crippen molar-refractivity contribution in [1.82, 2.24) is 5.32 Å². The van der Waals surface area contributed by atoms with Gasteiger partial charge in [-0.05, 0) is 56.9 Å². The molecule has 0 aromatic carbocycles. The summed E-state index contributed by atoms with van der Waals surface area (Å²) in [6, 6.07) is 0. The van der Waals surface area contributed by atoms with Crippen LogP contribution in [0.25, 0.3) is 0 Å². The average Bonchev–Trinajstić information content (AvgIpc) is 2.38. The van der Waals surface area contributed by atoms with Crippen LogP contribution in [-0.4, -0.2) is 25.8 Å². The van der Waals surface area contributed by atoms with E-state index in [-0.39, 0.29) is 0 Å². The van der Waals surface area contributed by atoms with Gasteiger partial charge in [-0.3, -0.25) is 0 Å². The Morgan fingerprint density at radius 3 is 2.50 bits per heavy atom. The molecule has 1 N–H and O–H groups in total. The van der Waals surface area contributed by atoms with E-state index in [0.29, 0.717) is 6.10 Å². The van der Waals surface area contributed by atoms with E-state index in [4.69, 9.17) is 4.74 Å². The monoisotopic (exact) mass is 225 g/mol. The summed E-state index contributed by atoms with van der Waals surface area (Å²) in [6.07, 6.45) is 10.0. The fourth-order valence-electron chi connectivity index (χ4n) is 3.05. The molecular weight excluding hydrogens is 198 g/mol. The Balaban J connectivity index is 1.59. The molecule has 0 aromatic heterocycles. The van der Waals surface area contributed by atoms with Gasteiger partial charge in [0.2, 0.25) is 0 Å². The summed E-state index contributed by atoms with van der Waals surface area (Å²) >= 11 is 0. The zero-order valence-electron chi connectivity index (χ0n) is 10.7. The molecule has 1 atom stereocenters. The van der Waals surface area contributed by atoms with Crippen LogP contribution in [0, 0.1) is 11.8 Å². The number of piperidine rings is 1. The topological polar surface area (TPSA) is 21.3 Å². The first-order valence-corrected chi connectivity index (χ1v) is 7.20. The van der Waals surface area contributed by atoms with Gasteiger partial charge in [0.1, 0.15) is 0 Å². The third kappa shape index (κ3) is 3.74. The molecule has 1 saturated carbocycles. The minimum Gasteiger partial charge on any atom is -0.378 e. The first kappa shape index (κ1) is 12.4. The van der Waals surface area contributed by atoms with Crippen molar-refractivity contribution >= 4 is 0 Å². The number of ether oxygens (including phenoxy) is 1. The lowest BCUT2D eigenvalue weighted by Gasteiger charge is -2.30. The second kappa shape index (κ2) is 6.61. The average molecular weight is 225 g/mol. The summed E-state index contributed by atoms with van der Waals surface area (Å²) < 4.78 is 6.08. The first-order chi connectivity index (χ1) is 7.88. The van der Waals surface area contributed by atoms with E-state index >= 15 is 0 Å². The van der Waals surface area contributed by atoms with Crippen LogP contribution in [0.3, 0.4) is 0 Å². The highest BCUT2D eigenvalue weighted by molar-refractivity contribution is 4.74. The molecule has 2 rings (SSSR count). The molecule has 1 saturated heterocycles. The lowest BCUT2D eigenvalue weighted by atomic mass is 9.86. The normalized spacial score (nSPS) is 36.2. The maximum Gasteiger partial charge on any atom is 0.0575 e. The summed E-state index contributed by atoms with van der Waals surface area (Å²) in [6.45, 7) is 5.69. The van der Waals surface area contributed by atoms with Gasteiger partial charge in [0.15, 0.2) is 0 Å². The SMILES string of the molecule is CCC1CCC(OCC2CCCNC2)CC1. The molecule has 0 amide bonds. The van der Waals surface area contributed by atoms with E-state index < -0.39 is 0 Å². The number of rotatable bonds is 4. The van der Waals surface area contributed by atoms with Crippen LogP contribution in [0.15, 0.2) is 0 Å². The van der Waals surface area contributed by atoms with Crippen molar-refractivity contribution in [2.45, 2.75) is 58.0 Å². The van der Waals surface area contributed by atoms with E-state index in [0.717, 1.165) is 18.4 Å². The Hall–Kier alpha value is -0.0800. The molecule has 2 nitrogen and oxygen atoms in total. The van der Waals surface area contributed by atoms with Crippen LogP contribution in [0.2, 0.25) is 0 Å². The minimum absolute atomic E-state index is 0.574. The fraction of sp³-hybridized carbons (Fsp3) is 1.00. The standard InChI is InChI=1S/C14H27NO/c1-2-12-5-7-14(8-6-12)16-11-13-4-3-9-15-10-13/h12-15H,2-11H2,1H3. The zero-order chi connectivity index (χ0) is 11.2. The van der Waals surface area contributed by atoms with Crippen molar-refractivity contribution in [2.75, 3.05) is 19.7 Å². The highest BCUT2D eigenvalue weighted by atomic mass is 16.5. The van der Waals surface area contributed by atoms with E-state index in [2.05, 4.69) is 12.2 Å². The maximum absolute atomic E-state index is 6.08. The van der Waals surface area contributed by atoms with Gasteiger partial charge in [-0.25, -0.2) is 0 Å². The Morgan fingerprint density at radius 1 is 1.06 bits per heavy atom. The number of hydrogen-bond acceptors (Lipinski definition) is 2. The van der Waals surface area contributed by atoms with E-state index in [1.165, 1.54) is 58.0 Å². The van der Waals surface area contributed by atoms with Gasteiger partial charge in [0.05, 0.1) is 12.7 Å². The molecule has 16 heavy (non-hydrogen) atoms. The van der Waals surface area contributed by atoms with Gasteiger partial charge < -0.3 is 10.1 Å². The number of nitrogens with one attached hydrogen (secondary N) is 1. The summed E-state index contributed by atoms with van der Waals surface area (Å²) in [5.74, 6) is 1.76. The summed E-state index contributed by atoms with van der Waals surface area (Å²) in [5, 5.41) is 3.46. The molecule has 0 spiro atoms. The van der Waals surface area contributed by atoms with Gasteiger partial charge in [0.25, 0.3) is 0 Å². The van der Waals surface area contributed by atoms with Crippen molar-refractivity contribution in [3.8, 4) is 0 Å². The zero-order valence-corrected chi connectivity index (χ0v) is 10.7. The minimum atomic E-state index is 0.574. The van der Waals surface area contributed by atoms with Crippen molar-refractivity contribution < 1.29 is 4.74 Å². The van der Waals surface area contributed by atoms with Gasteiger partial charge in [-0.15, -0.1) is 0 Å². The van der Waals surface area contributed by atoms with Crippen LogP contribution in [-0.2, 0) is 4.74 Å². The second-order valence-electron chi connectivity index (χ2n) is 5.60. The molecule has 2 heteroatoms. The predicted molar refractivity (Wildman–Crippen MR) is 67.6 cm³/mol. The predicted octanol–water partition coefficient (Wildman–Crippen LogP) is 2.97.